The van der Waals surface area contributed by atoms with Gasteiger partial charge in [-0.1, -0.05) is 33.8 Å². The number of nitrogens with zero attached hydrogens (tertiary/aromatic N) is 4. The fourth-order valence-electron chi connectivity index (χ4n) is 2.47. The van der Waals surface area contributed by atoms with E-state index in [0.717, 1.165) is 10.2 Å². The normalized spacial score (nSPS) is 10.7. The van der Waals surface area contributed by atoms with E-state index in [-0.39, 0.29) is 11.7 Å². The van der Waals surface area contributed by atoms with Gasteiger partial charge in [-0.05, 0) is 36.4 Å². The second kappa shape index (κ2) is 10.3. The van der Waals surface area contributed by atoms with Crippen molar-refractivity contribution in [2.45, 2.75) is 11.7 Å². The second-order valence-corrected chi connectivity index (χ2v) is 7.95. The zero-order valence-electron chi connectivity index (χ0n) is 16.0. The van der Waals surface area contributed by atoms with Gasteiger partial charge in [-0.2, -0.15) is 0 Å². The molecule has 0 saturated heterocycles. The lowest BCUT2D eigenvalue weighted by molar-refractivity contribution is -0.127. The van der Waals surface area contributed by atoms with Crippen LogP contribution in [0.3, 0.4) is 0 Å². The van der Waals surface area contributed by atoms with Crippen LogP contribution in [0.4, 0.5) is 0 Å². The molecule has 0 spiro atoms. The van der Waals surface area contributed by atoms with Crippen molar-refractivity contribution < 1.29 is 13.9 Å². The van der Waals surface area contributed by atoms with Gasteiger partial charge in [0.15, 0.2) is 10.9 Å². The number of ether oxygens (including phenoxy) is 1. The van der Waals surface area contributed by atoms with Gasteiger partial charge in [-0.15, -0.1) is 16.8 Å². The smallest absolute Gasteiger partial charge is 0.232 e. The number of hydrogen-bond donors (Lipinski definition) is 0. The highest BCUT2D eigenvalue weighted by atomic mass is 79.9. The van der Waals surface area contributed by atoms with Crippen molar-refractivity contribution in [3.63, 3.8) is 0 Å². The van der Waals surface area contributed by atoms with Crippen molar-refractivity contribution in [3.05, 3.63) is 59.8 Å². The van der Waals surface area contributed by atoms with Crippen LogP contribution in [0, 0.1) is 0 Å². The third-order valence-corrected chi connectivity index (χ3v) is 5.51. The zero-order valence-corrected chi connectivity index (χ0v) is 18.4. The lowest BCUT2D eigenvalue weighted by Crippen LogP contribution is -2.32. The van der Waals surface area contributed by atoms with E-state index in [1.54, 1.807) is 30.4 Å². The molecule has 0 aliphatic carbocycles. The van der Waals surface area contributed by atoms with E-state index in [4.69, 9.17) is 9.15 Å². The lowest BCUT2D eigenvalue weighted by Gasteiger charge is -2.17. The molecule has 29 heavy (non-hydrogen) atoms. The Kier molecular flexibility index (Phi) is 7.54. The number of carbonyl (C=O) groups excluding carboxylic acids is 1. The summed E-state index contributed by atoms with van der Waals surface area (Å²) in [5.41, 5.74) is 0. The maximum absolute atomic E-state index is 12.5. The number of halogens is 1. The van der Waals surface area contributed by atoms with Crippen LogP contribution in [0.15, 0.2) is 69.4 Å². The number of furan rings is 1. The molecule has 0 bridgehead atoms. The number of carbonyl (C=O) groups is 1. The SMILES string of the molecule is C=CCn1c(SCC(=O)N(C)CCOc2ccc(Br)cc2)nnc1-c1ccco1. The van der Waals surface area contributed by atoms with E-state index >= 15 is 0 Å². The average Bonchev–Trinajstić information content (AvgIpc) is 3.38. The highest BCUT2D eigenvalue weighted by Gasteiger charge is 2.17. The molecule has 0 radical (unpaired) electrons. The van der Waals surface area contributed by atoms with Crippen LogP contribution in [-0.2, 0) is 11.3 Å². The molecule has 3 rings (SSSR count). The van der Waals surface area contributed by atoms with E-state index in [0.29, 0.717) is 36.4 Å². The van der Waals surface area contributed by atoms with Crippen LogP contribution in [0.1, 0.15) is 0 Å². The Balaban J connectivity index is 1.51. The minimum absolute atomic E-state index is 0.0119. The van der Waals surface area contributed by atoms with Crippen molar-refractivity contribution >= 4 is 33.6 Å². The molecule has 7 nitrogen and oxygen atoms in total. The van der Waals surface area contributed by atoms with Crippen molar-refractivity contribution in [2.75, 3.05) is 26.0 Å². The summed E-state index contributed by atoms with van der Waals surface area (Å²) in [5.74, 6) is 2.25. The van der Waals surface area contributed by atoms with Gasteiger partial charge in [-0.3, -0.25) is 9.36 Å². The van der Waals surface area contributed by atoms with E-state index in [1.807, 2.05) is 34.9 Å². The first-order valence-corrected chi connectivity index (χ1v) is 10.7. The minimum Gasteiger partial charge on any atom is -0.492 e. The molecule has 0 saturated carbocycles. The van der Waals surface area contributed by atoms with E-state index in [9.17, 15) is 4.79 Å². The first kappa shape index (κ1) is 21.2. The largest absolute Gasteiger partial charge is 0.492 e. The highest BCUT2D eigenvalue weighted by molar-refractivity contribution is 9.10. The second-order valence-electron chi connectivity index (χ2n) is 6.09. The standard InChI is InChI=1S/C20H21BrN4O3S/c1-3-10-25-19(17-5-4-12-28-17)22-23-20(25)29-14-18(26)24(2)11-13-27-16-8-6-15(21)7-9-16/h3-9,12H,1,10-11,13-14H2,2H3. The van der Waals surface area contributed by atoms with Gasteiger partial charge in [0.25, 0.3) is 0 Å². The number of aromatic nitrogens is 3. The molecule has 1 amide bonds. The summed E-state index contributed by atoms with van der Waals surface area (Å²) in [5, 5.41) is 9.03. The van der Waals surface area contributed by atoms with Gasteiger partial charge >= 0.3 is 0 Å². The van der Waals surface area contributed by atoms with E-state index in [1.165, 1.54) is 11.8 Å². The Morgan fingerprint density at radius 3 is 2.83 bits per heavy atom. The number of hydrogen-bond acceptors (Lipinski definition) is 6. The van der Waals surface area contributed by atoms with Gasteiger partial charge in [0.05, 0.1) is 18.6 Å². The molecule has 9 heteroatoms. The average molecular weight is 477 g/mol. The molecule has 2 heterocycles. The van der Waals surface area contributed by atoms with Crippen molar-refractivity contribution in [3.8, 4) is 17.3 Å². The van der Waals surface area contributed by atoms with Crippen LogP contribution in [0.5, 0.6) is 5.75 Å². The number of thioether (sulfide) groups is 1. The molecular weight excluding hydrogens is 456 g/mol. The number of likely N-dealkylation sites (N-methyl/N-ethyl adjacent to an activating group) is 1. The molecule has 0 N–H and O–H groups in total. The van der Waals surface area contributed by atoms with E-state index < -0.39 is 0 Å². The molecule has 0 fully saturated rings. The number of rotatable bonds is 10. The van der Waals surface area contributed by atoms with E-state index in [2.05, 4.69) is 32.7 Å². The first-order valence-electron chi connectivity index (χ1n) is 8.91. The topological polar surface area (TPSA) is 73.4 Å². The predicted molar refractivity (Wildman–Crippen MR) is 116 cm³/mol. The third-order valence-electron chi connectivity index (χ3n) is 4.03. The molecule has 152 valence electrons. The number of amides is 1. The van der Waals surface area contributed by atoms with Gasteiger partial charge in [0.2, 0.25) is 11.7 Å². The molecule has 0 aliphatic heterocycles. The third kappa shape index (κ3) is 5.74. The Morgan fingerprint density at radius 1 is 1.34 bits per heavy atom. The Labute approximate surface area is 181 Å². The fourth-order valence-corrected chi connectivity index (χ4v) is 3.62. The van der Waals surface area contributed by atoms with Crippen LogP contribution in [0.2, 0.25) is 0 Å². The molecule has 0 aliphatic rings. The van der Waals surface area contributed by atoms with Crippen molar-refractivity contribution in [1.82, 2.24) is 19.7 Å². The molecule has 2 aromatic heterocycles. The number of allylic oxidation sites excluding steroid dienone is 1. The van der Waals surface area contributed by atoms with Gasteiger partial charge in [0, 0.05) is 18.1 Å². The molecule has 0 unspecified atom stereocenters. The maximum Gasteiger partial charge on any atom is 0.232 e. The van der Waals surface area contributed by atoms with Crippen LogP contribution in [-0.4, -0.2) is 51.5 Å². The highest BCUT2D eigenvalue weighted by Crippen LogP contribution is 2.24. The summed E-state index contributed by atoms with van der Waals surface area (Å²) < 4.78 is 14.0. The van der Waals surface area contributed by atoms with Gasteiger partial charge in [-0.25, -0.2) is 0 Å². The Morgan fingerprint density at radius 2 is 2.14 bits per heavy atom. The van der Waals surface area contributed by atoms with Crippen LogP contribution < -0.4 is 4.74 Å². The summed E-state index contributed by atoms with van der Waals surface area (Å²) in [4.78, 5) is 14.1. The fraction of sp³-hybridized carbons (Fsp3) is 0.250. The summed E-state index contributed by atoms with van der Waals surface area (Å²) >= 11 is 4.72. The van der Waals surface area contributed by atoms with Crippen molar-refractivity contribution in [1.29, 1.82) is 0 Å². The molecule has 0 atom stereocenters. The monoisotopic (exact) mass is 476 g/mol. The molecule has 1 aromatic carbocycles. The summed E-state index contributed by atoms with van der Waals surface area (Å²) in [7, 11) is 1.76. The van der Waals surface area contributed by atoms with Gasteiger partial charge < -0.3 is 14.1 Å². The predicted octanol–water partition coefficient (Wildman–Crippen LogP) is 4.12. The Hall–Kier alpha value is -2.52. The Bertz CT molecular complexity index is 941. The lowest BCUT2D eigenvalue weighted by atomic mass is 10.3. The van der Waals surface area contributed by atoms with Gasteiger partial charge in [0.1, 0.15) is 12.4 Å². The molecular formula is C20H21BrN4O3S. The van der Waals surface area contributed by atoms with Crippen LogP contribution in [0.25, 0.3) is 11.6 Å². The maximum atomic E-state index is 12.5. The number of benzene rings is 1. The summed E-state index contributed by atoms with van der Waals surface area (Å²) in [6, 6.07) is 11.2. The van der Waals surface area contributed by atoms with Crippen molar-refractivity contribution in [2.24, 2.45) is 0 Å². The molecule has 3 aromatic rings. The quantitative estimate of drug-likeness (QED) is 0.323. The minimum atomic E-state index is -0.0119. The van der Waals surface area contributed by atoms with Crippen LogP contribution >= 0.6 is 27.7 Å². The zero-order chi connectivity index (χ0) is 20.6. The summed E-state index contributed by atoms with van der Waals surface area (Å²) in [6.07, 6.45) is 3.34. The first-order chi connectivity index (χ1) is 14.1. The summed E-state index contributed by atoms with van der Waals surface area (Å²) in [6.45, 7) is 5.22.